The zero-order chi connectivity index (χ0) is 20.1. The molecule has 9 heteroatoms. The summed E-state index contributed by atoms with van der Waals surface area (Å²) in [6.07, 6.45) is 0.564. The summed E-state index contributed by atoms with van der Waals surface area (Å²) in [7, 11) is -2.18. The molecule has 0 saturated carbocycles. The van der Waals surface area contributed by atoms with Crippen LogP contribution in [0, 0.1) is 0 Å². The molecule has 8 nitrogen and oxygen atoms in total. The number of ether oxygens (including phenoxy) is 2. The molecule has 28 heavy (non-hydrogen) atoms. The topological polar surface area (TPSA) is 102 Å². The first kappa shape index (κ1) is 19.8. The predicted molar refractivity (Wildman–Crippen MR) is 101 cm³/mol. The largest absolute Gasteiger partial charge is 0.497 e. The summed E-state index contributed by atoms with van der Waals surface area (Å²) in [5.41, 5.74) is 2.03. The van der Waals surface area contributed by atoms with Gasteiger partial charge in [-0.1, -0.05) is 24.3 Å². The van der Waals surface area contributed by atoms with Crippen LogP contribution in [0.2, 0.25) is 0 Å². The first-order valence-corrected chi connectivity index (χ1v) is 10.0. The van der Waals surface area contributed by atoms with Crippen molar-refractivity contribution < 1.29 is 27.5 Å². The molecule has 148 valence electrons. The molecular weight excluding hydrogens is 384 g/mol. The zero-order valence-corrected chi connectivity index (χ0v) is 16.1. The number of carbonyl (C=O) groups is 2. The molecule has 3 rings (SSSR count). The van der Waals surface area contributed by atoms with Gasteiger partial charge in [0.2, 0.25) is 5.91 Å². The van der Waals surface area contributed by atoms with E-state index in [1.165, 1.54) is 0 Å². The van der Waals surface area contributed by atoms with Gasteiger partial charge >= 0.3 is 16.2 Å². The number of hydrogen-bond acceptors (Lipinski definition) is 6. The van der Waals surface area contributed by atoms with Gasteiger partial charge in [-0.15, -0.1) is 0 Å². The molecule has 0 bridgehead atoms. The first-order valence-electron chi connectivity index (χ1n) is 8.57. The zero-order valence-electron chi connectivity index (χ0n) is 15.3. The van der Waals surface area contributed by atoms with Crippen molar-refractivity contribution in [3.05, 3.63) is 65.2 Å². The summed E-state index contributed by atoms with van der Waals surface area (Å²) in [5.74, 6) is -0.271. The monoisotopic (exact) mass is 404 g/mol. The van der Waals surface area contributed by atoms with Crippen molar-refractivity contribution >= 4 is 22.1 Å². The van der Waals surface area contributed by atoms with Gasteiger partial charge in [-0.2, -0.15) is 12.7 Å². The van der Waals surface area contributed by atoms with Crippen molar-refractivity contribution in [2.24, 2.45) is 0 Å². The van der Waals surface area contributed by atoms with Gasteiger partial charge in [-0.25, -0.2) is 9.52 Å². The number of carbonyl (C=O) groups excluding carboxylic acids is 2. The van der Waals surface area contributed by atoms with E-state index >= 15 is 0 Å². The van der Waals surface area contributed by atoms with Crippen LogP contribution in [0.15, 0.2) is 48.5 Å². The Labute approximate surface area is 163 Å². The average molecular weight is 404 g/mol. The molecule has 2 aromatic rings. The van der Waals surface area contributed by atoms with E-state index in [9.17, 15) is 18.0 Å². The number of rotatable bonds is 7. The summed E-state index contributed by atoms with van der Waals surface area (Å²) in [5, 5.41) is 0. The molecule has 1 heterocycles. The molecule has 0 aromatic heterocycles. The SMILES string of the molecule is COc1cccc(CCOC(=O)c2ccc(CN3CC(=O)NS3(=O)=O)cc2)c1. The maximum absolute atomic E-state index is 12.2. The Morgan fingerprint density at radius 1 is 1.14 bits per heavy atom. The van der Waals surface area contributed by atoms with Gasteiger partial charge in [-0.05, 0) is 35.4 Å². The first-order chi connectivity index (χ1) is 13.4. The second-order valence-electron chi connectivity index (χ2n) is 6.23. The molecule has 1 fully saturated rings. The fraction of sp³-hybridized carbons (Fsp3) is 0.263. The highest BCUT2D eigenvalue weighted by Gasteiger charge is 2.33. The highest BCUT2D eigenvalue weighted by atomic mass is 32.2. The predicted octanol–water partition coefficient (Wildman–Crippen LogP) is 1.27. The van der Waals surface area contributed by atoms with E-state index in [0.717, 1.165) is 15.6 Å². The van der Waals surface area contributed by atoms with Gasteiger partial charge in [0.05, 0.1) is 25.8 Å². The van der Waals surface area contributed by atoms with E-state index in [-0.39, 0.29) is 19.7 Å². The van der Waals surface area contributed by atoms with Crippen LogP contribution in [0.5, 0.6) is 5.75 Å². The number of nitrogens with one attached hydrogen (secondary N) is 1. The molecule has 0 atom stereocenters. The lowest BCUT2D eigenvalue weighted by Crippen LogP contribution is -2.29. The normalized spacial score (nSPS) is 15.8. The van der Waals surface area contributed by atoms with Crippen molar-refractivity contribution in [2.75, 3.05) is 20.3 Å². The smallest absolute Gasteiger partial charge is 0.338 e. The molecule has 1 aliphatic heterocycles. The van der Waals surface area contributed by atoms with E-state index in [2.05, 4.69) is 0 Å². The number of benzene rings is 2. The summed E-state index contributed by atoms with van der Waals surface area (Å²) < 4.78 is 36.9. The number of nitrogens with zero attached hydrogens (tertiary/aromatic N) is 1. The van der Waals surface area contributed by atoms with Crippen molar-refractivity contribution in [1.29, 1.82) is 0 Å². The lowest BCUT2D eigenvalue weighted by molar-refractivity contribution is -0.118. The number of esters is 1. The van der Waals surface area contributed by atoms with Crippen molar-refractivity contribution in [2.45, 2.75) is 13.0 Å². The Bertz CT molecular complexity index is 972. The van der Waals surface area contributed by atoms with Gasteiger partial charge < -0.3 is 9.47 Å². The minimum absolute atomic E-state index is 0.0479. The summed E-state index contributed by atoms with van der Waals surface area (Å²) >= 11 is 0. The molecule has 2 aromatic carbocycles. The second kappa shape index (κ2) is 8.41. The van der Waals surface area contributed by atoms with E-state index in [0.29, 0.717) is 17.5 Å². The third-order valence-corrected chi connectivity index (χ3v) is 5.63. The maximum atomic E-state index is 12.2. The maximum Gasteiger partial charge on any atom is 0.338 e. The highest BCUT2D eigenvalue weighted by molar-refractivity contribution is 7.88. The molecule has 1 aliphatic rings. The van der Waals surface area contributed by atoms with Gasteiger partial charge in [-0.3, -0.25) is 4.79 Å². The van der Waals surface area contributed by atoms with Crippen LogP contribution in [0.3, 0.4) is 0 Å². The fourth-order valence-electron chi connectivity index (χ4n) is 2.75. The number of amides is 1. The fourth-order valence-corrected chi connectivity index (χ4v) is 3.84. The van der Waals surface area contributed by atoms with Crippen LogP contribution in [0.1, 0.15) is 21.5 Å². The third kappa shape index (κ3) is 4.87. The Kier molecular flexibility index (Phi) is 5.96. The second-order valence-corrected chi connectivity index (χ2v) is 7.90. The molecular formula is C19H20N2O6S. The molecule has 0 spiro atoms. The van der Waals surface area contributed by atoms with E-state index in [1.54, 1.807) is 31.4 Å². The molecule has 0 aliphatic carbocycles. The standard InChI is InChI=1S/C19H20N2O6S/c1-26-17-4-2-3-14(11-17)9-10-27-19(23)16-7-5-15(6-8-16)12-21-13-18(22)20-28(21,24)25/h2-8,11H,9-10,12-13H2,1H3,(H,20,22). The lowest BCUT2D eigenvalue weighted by atomic mass is 10.1. The summed E-state index contributed by atoms with van der Waals surface area (Å²) in [4.78, 5) is 23.4. The number of methoxy groups -OCH3 is 1. The van der Waals surface area contributed by atoms with Gasteiger partial charge in [0.1, 0.15) is 5.75 Å². The Hall–Kier alpha value is -2.91. The minimum atomic E-state index is -3.77. The quantitative estimate of drug-likeness (QED) is 0.698. The van der Waals surface area contributed by atoms with Crippen LogP contribution in [-0.4, -0.2) is 44.9 Å². The van der Waals surface area contributed by atoms with Crippen LogP contribution in [0.25, 0.3) is 0 Å². The number of hydrogen-bond donors (Lipinski definition) is 1. The third-order valence-electron chi connectivity index (χ3n) is 4.21. The summed E-state index contributed by atoms with van der Waals surface area (Å²) in [6.45, 7) is 0.0657. The van der Waals surface area contributed by atoms with Gasteiger partial charge in [0.15, 0.2) is 0 Å². The van der Waals surface area contributed by atoms with Crippen molar-refractivity contribution in [3.8, 4) is 5.75 Å². The molecule has 0 radical (unpaired) electrons. The molecule has 1 saturated heterocycles. The van der Waals surface area contributed by atoms with Crippen molar-refractivity contribution in [1.82, 2.24) is 9.03 Å². The Balaban J connectivity index is 1.53. The Morgan fingerprint density at radius 2 is 1.89 bits per heavy atom. The van der Waals surface area contributed by atoms with Gasteiger partial charge in [0, 0.05) is 13.0 Å². The molecule has 1 amide bonds. The van der Waals surface area contributed by atoms with Crippen LogP contribution in [0.4, 0.5) is 0 Å². The van der Waals surface area contributed by atoms with E-state index in [4.69, 9.17) is 9.47 Å². The average Bonchev–Trinajstić information content (AvgIpc) is 2.93. The summed E-state index contributed by atoms with van der Waals surface area (Å²) in [6, 6.07) is 13.9. The highest BCUT2D eigenvalue weighted by Crippen LogP contribution is 2.15. The molecule has 0 unspecified atom stereocenters. The lowest BCUT2D eigenvalue weighted by Gasteiger charge is -2.12. The van der Waals surface area contributed by atoms with E-state index < -0.39 is 22.1 Å². The van der Waals surface area contributed by atoms with Crippen LogP contribution < -0.4 is 9.46 Å². The molecule has 1 N–H and O–H groups in total. The Morgan fingerprint density at radius 3 is 2.54 bits per heavy atom. The van der Waals surface area contributed by atoms with Crippen molar-refractivity contribution in [3.63, 3.8) is 0 Å². The van der Waals surface area contributed by atoms with Crippen LogP contribution in [-0.2, 0) is 32.7 Å². The van der Waals surface area contributed by atoms with Crippen LogP contribution >= 0.6 is 0 Å². The minimum Gasteiger partial charge on any atom is -0.497 e. The van der Waals surface area contributed by atoms with E-state index in [1.807, 2.05) is 29.0 Å². The van der Waals surface area contributed by atoms with Gasteiger partial charge in [0.25, 0.3) is 0 Å².